The van der Waals surface area contributed by atoms with Gasteiger partial charge in [-0.1, -0.05) is 0 Å². The van der Waals surface area contributed by atoms with Gasteiger partial charge < -0.3 is 5.73 Å². The quantitative estimate of drug-likeness (QED) is 0.692. The Morgan fingerprint density at radius 2 is 2.13 bits per heavy atom. The largest absolute Gasteiger partial charge is 0.326 e. The highest BCUT2D eigenvalue weighted by Gasteiger charge is 2.09. The summed E-state index contributed by atoms with van der Waals surface area (Å²) in [5, 5.41) is 0. The van der Waals surface area contributed by atoms with Gasteiger partial charge in [0.2, 0.25) is 0 Å². The van der Waals surface area contributed by atoms with Gasteiger partial charge in [-0.15, -0.1) is 0 Å². The van der Waals surface area contributed by atoms with Crippen LogP contribution >= 0.6 is 0 Å². The third kappa shape index (κ3) is 3.15. The fourth-order valence-corrected chi connectivity index (χ4v) is 1.62. The third-order valence-corrected chi connectivity index (χ3v) is 2.83. The minimum Gasteiger partial charge on any atom is -0.326 e. The molecule has 5 nitrogen and oxygen atoms in total. The Labute approximate surface area is 87.7 Å². The van der Waals surface area contributed by atoms with E-state index in [0.29, 0.717) is 5.56 Å². The smallest absolute Gasteiger partial charge is 0.298 e. The van der Waals surface area contributed by atoms with Gasteiger partial charge in [0, 0.05) is 13.6 Å². The molecule has 7 heteroatoms. The molecule has 0 aliphatic heterocycles. The Hall–Kier alpha value is -1.18. The van der Waals surface area contributed by atoms with Crippen molar-refractivity contribution in [1.29, 1.82) is 0 Å². The van der Waals surface area contributed by atoms with Crippen molar-refractivity contribution in [1.82, 2.24) is 4.72 Å². The third-order valence-electron chi connectivity index (χ3n) is 1.80. The molecule has 1 aromatic rings. The Morgan fingerprint density at radius 1 is 1.47 bits per heavy atom. The van der Waals surface area contributed by atoms with Crippen molar-refractivity contribution in [2.45, 2.75) is 6.54 Å². The Balaban J connectivity index is 3.05. The molecule has 0 atom stereocenters. The van der Waals surface area contributed by atoms with Gasteiger partial charge in [0.05, 0.1) is 5.69 Å². The molecule has 84 valence electrons. The normalized spacial score (nSPS) is 11.4. The minimum atomic E-state index is -3.60. The molecule has 0 bridgehead atoms. The molecule has 0 radical (unpaired) electrons. The molecule has 4 N–H and O–H groups in total. The lowest BCUT2D eigenvalue weighted by Gasteiger charge is -2.10. The van der Waals surface area contributed by atoms with Gasteiger partial charge in [-0.2, -0.15) is 8.42 Å². The van der Waals surface area contributed by atoms with E-state index in [-0.39, 0.29) is 12.2 Å². The van der Waals surface area contributed by atoms with E-state index in [1.54, 1.807) is 0 Å². The summed E-state index contributed by atoms with van der Waals surface area (Å²) in [6.45, 7) is 0.0549. The second kappa shape index (κ2) is 4.56. The predicted molar refractivity (Wildman–Crippen MR) is 55.9 cm³/mol. The van der Waals surface area contributed by atoms with Crippen molar-refractivity contribution < 1.29 is 12.8 Å². The van der Waals surface area contributed by atoms with Crippen molar-refractivity contribution in [2.24, 2.45) is 5.73 Å². The number of benzene rings is 1. The fourth-order valence-electron chi connectivity index (χ4n) is 1.03. The maximum Gasteiger partial charge on any atom is 0.298 e. The molecule has 0 heterocycles. The Kier molecular flexibility index (Phi) is 3.61. The van der Waals surface area contributed by atoms with E-state index in [0.717, 1.165) is 6.07 Å². The van der Waals surface area contributed by atoms with Crippen LogP contribution in [0.15, 0.2) is 18.2 Å². The zero-order valence-electron chi connectivity index (χ0n) is 8.12. The highest BCUT2D eigenvalue weighted by atomic mass is 32.2. The molecule has 1 aromatic carbocycles. The summed E-state index contributed by atoms with van der Waals surface area (Å²) in [4.78, 5) is 0. The number of halogens is 1. The molecule has 0 spiro atoms. The topological polar surface area (TPSA) is 84.2 Å². The van der Waals surface area contributed by atoms with Crippen LogP contribution in [0.5, 0.6) is 0 Å². The van der Waals surface area contributed by atoms with E-state index in [4.69, 9.17) is 5.73 Å². The average molecular weight is 233 g/mol. The maximum absolute atomic E-state index is 12.8. The summed E-state index contributed by atoms with van der Waals surface area (Å²) < 4.78 is 39.4. The molecular formula is C8H12FN3O2S. The van der Waals surface area contributed by atoms with Crippen LogP contribution in [0.2, 0.25) is 0 Å². The van der Waals surface area contributed by atoms with Gasteiger partial charge in [-0.05, 0) is 23.8 Å². The summed E-state index contributed by atoms with van der Waals surface area (Å²) in [7, 11) is -2.32. The van der Waals surface area contributed by atoms with E-state index in [1.165, 1.54) is 19.2 Å². The molecule has 0 unspecified atom stereocenters. The number of hydrogen-bond donors (Lipinski definition) is 3. The van der Waals surface area contributed by atoms with Crippen molar-refractivity contribution in [2.75, 3.05) is 11.8 Å². The maximum atomic E-state index is 12.8. The summed E-state index contributed by atoms with van der Waals surface area (Å²) >= 11 is 0. The molecule has 0 aliphatic carbocycles. The zero-order valence-corrected chi connectivity index (χ0v) is 8.94. The summed E-state index contributed by atoms with van der Waals surface area (Å²) in [6.07, 6.45) is 0. The van der Waals surface area contributed by atoms with Crippen LogP contribution in [0.25, 0.3) is 0 Å². The first kappa shape index (κ1) is 11.9. The summed E-state index contributed by atoms with van der Waals surface area (Å²) in [6, 6.07) is 3.67. The molecule has 0 fully saturated rings. The van der Waals surface area contributed by atoms with E-state index in [9.17, 15) is 12.8 Å². The van der Waals surface area contributed by atoms with Gasteiger partial charge in [-0.25, -0.2) is 9.11 Å². The van der Waals surface area contributed by atoms with E-state index in [2.05, 4.69) is 9.44 Å². The molecule has 0 amide bonds. The molecular weight excluding hydrogens is 221 g/mol. The van der Waals surface area contributed by atoms with Crippen LogP contribution in [0, 0.1) is 5.82 Å². The molecule has 0 aliphatic rings. The van der Waals surface area contributed by atoms with Gasteiger partial charge in [0.1, 0.15) is 5.82 Å². The number of nitrogens with two attached hydrogens (primary N) is 1. The van der Waals surface area contributed by atoms with Crippen LogP contribution in [0.3, 0.4) is 0 Å². The minimum absolute atomic E-state index is 0.0549. The lowest BCUT2D eigenvalue weighted by molar-refractivity contribution is 0.593. The van der Waals surface area contributed by atoms with Gasteiger partial charge in [-0.3, -0.25) is 4.72 Å². The first-order valence-electron chi connectivity index (χ1n) is 4.18. The van der Waals surface area contributed by atoms with Gasteiger partial charge >= 0.3 is 0 Å². The van der Waals surface area contributed by atoms with E-state index < -0.39 is 16.0 Å². The predicted octanol–water partition coefficient (Wildman–Crippen LogP) is 0.160. The van der Waals surface area contributed by atoms with E-state index >= 15 is 0 Å². The highest BCUT2D eigenvalue weighted by molar-refractivity contribution is 7.90. The van der Waals surface area contributed by atoms with E-state index in [1.807, 2.05) is 0 Å². The monoisotopic (exact) mass is 233 g/mol. The SMILES string of the molecule is CNS(=O)(=O)Nc1ccc(F)cc1CN. The number of hydrogen-bond acceptors (Lipinski definition) is 3. The van der Waals surface area contributed by atoms with Crippen molar-refractivity contribution >= 4 is 15.9 Å². The zero-order chi connectivity index (χ0) is 11.5. The van der Waals surface area contributed by atoms with Gasteiger partial charge in [0.15, 0.2) is 0 Å². The Bertz CT molecular complexity index is 447. The number of anilines is 1. The molecule has 15 heavy (non-hydrogen) atoms. The summed E-state index contributed by atoms with van der Waals surface area (Å²) in [5.74, 6) is -0.456. The lowest BCUT2D eigenvalue weighted by Crippen LogP contribution is -2.27. The Morgan fingerprint density at radius 3 is 2.67 bits per heavy atom. The van der Waals surface area contributed by atoms with Crippen molar-refractivity contribution in [3.63, 3.8) is 0 Å². The standard InChI is InChI=1S/C8H12FN3O2S/c1-11-15(13,14)12-8-3-2-7(9)4-6(8)5-10/h2-4,11-12H,5,10H2,1H3. The van der Waals surface area contributed by atoms with Crippen LogP contribution < -0.4 is 15.2 Å². The second-order valence-electron chi connectivity index (χ2n) is 2.82. The number of rotatable bonds is 4. The highest BCUT2D eigenvalue weighted by Crippen LogP contribution is 2.17. The summed E-state index contributed by atoms with van der Waals surface area (Å²) in [5.41, 5.74) is 6.03. The van der Waals surface area contributed by atoms with Crippen molar-refractivity contribution in [3.05, 3.63) is 29.6 Å². The van der Waals surface area contributed by atoms with Crippen LogP contribution in [-0.4, -0.2) is 15.5 Å². The lowest BCUT2D eigenvalue weighted by atomic mass is 10.2. The first-order valence-corrected chi connectivity index (χ1v) is 5.66. The molecule has 0 aromatic heterocycles. The number of nitrogens with one attached hydrogen (secondary N) is 2. The van der Waals surface area contributed by atoms with Crippen LogP contribution in [-0.2, 0) is 16.8 Å². The molecule has 0 saturated carbocycles. The molecule has 1 rings (SSSR count). The average Bonchev–Trinajstić information content (AvgIpc) is 2.20. The molecule has 0 saturated heterocycles. The van der Waals surface area contributed by atoms with Gasteiger partial charge in [0.25, 0.3) is 10.2 Å². The second-order valence-corrected chi connectivity index (χ2v) is 4.43. The van der Waals surface area contributed by atoms with Crippen molar-refractivity contribution in [3.8, 4) is 0 Å². The van der Waals surface area contributed by atoms with Crippen LogP contribution in [0.1, 0.15) is 5.56 Å². The first-order chi connectivity index (χ1) is 6.98. The fraction of sp³-hybridized carbons (Fsp3) is 0.250. The van der Waals surface area contributed by atoms with Crippen LogP contribution in [0.4, 0.5) is 10.1 Å².